The van der Waals surface area contributed by atoms with Crippen molar-refractivity contribution >= 4 is 17.4 Å². The summed E-state index contributed by atoms with van der Waals surface area (Å²) < 4.78 is 5.87. The Morgan fingerprint density at radius 3 is 2.43 bits per heavy atom. The Morgan fingerprint density at radius 2 is 1.78 bits per heavy atom. The molecule has 0 N–H and O–H groups in total. The number of thiophene rings is 1. The van der Waals surface area contributed by atoms with Crippen LogP contribution in [-0.2, 0) is 0 Å². The summed E-state index contributed by atoms with van der Waals surface area (Å²) in [5, 5.41) is 10.5. The van der Waals surface area contributed by atoms with Gasteiger partial charge in [-0.3, -0.25) is 0 Å². The van der Waals surface area contributed by atoms with E-state index in [1.165, 1.54) is 25.9 Å². The van der Waals surface area contributed by atoms with Crippen LogP contribution in [-0.4, -0.2) is 47.3 Å². The number of piperidine rings is 1. The average Bonchev–Trinajstić information content (AvgIpc) is 3.25. The lowest BCUT2D eigenvalue weighted by molar-refractivity contribution is 0.249. The summed E-state index contributed by atoms with van der Waals surface area (Å²) in [4.78, 5) is 5.87. The van der Waals surface area contributed by atoms with Gasteiger partial charge in [0.05, 0.1) is 4.88 Å². The number of anilines is 1. The third kappa shape index (κ3) is 4.12. The molecule has 3 aliphatic heterocycles. The second kappa shape index (κ2) is 9.03. The fourth-order valence-corrected chi connectivity index (χ4v) is 3.61. The molecule has 6 heteroatoms. The van der Waals surface area contributed by atoms with Crippen LogP contribution in [0.25, 0.3) is 10.8 Å². The number of rotatable bonds is 2. The molecule has 3 aliphatic rings. The van der Waals surface area contributed by atoms with Gasteiger partial charge in [0.2, 0.25) is 0 Å². The van der Waals surface area contributed by atoms with Gasteiger partial charge in [0.25, 0.3) is 5.89 Å². The van der Waals surface area contributed by atoms with Crippen LogP contribution in [0, 0.1) is 0 Å². The quantitative estimate of drug-likeness (QED) is 0.825. The second-order valence-electron chi connectivity index (χ2n) is 5.13. The van der Waals surface area contributed by atoms with Crippen molar-refractivity contribution in [2.45, 2.75) is 46.6 Å². The monoisotopic (exact) mass is 336 g/mol. The molecular formula is C17H28N4OS. The molecule has 23 heavy (non-hydrogen) atoms. The maximum atomic E-state index is 5.87. The van der Waals surface area contributed by atoms with E-state index in [0.717, 1.165) is 18.0 Å². The number of fused-ring (bicyclic) bond motifs is 4. The fraction of sp³-hybridized carbons (Fsp3) is 0.647. The van der Waals surface area contributed by atoms with Crippen molar-refractivity contribution in [1.82, 2.24) is 15.1 Å². The standard InChI is InChI=1S/C13H16N4OS.2C2H6/c1-2-11(19-9-1)12-14-15-13(18-12)17-8-7-16-5-3-10(17)4-6-16;2*1-2/h1-2,9-10H,3-8H2;2*1-2H3. The van der Waals surface area contributed by atoms with Crippen LogP contribution in [0.4, 0.5) is 6.01 Å². The first-order valence-electron chi connectivity index (χ1n) is 8.76. The predicted octanol–water partition coefficient (Wildman–Crippen LogP) is 4.13. The predicted molar refractivity (Wildman–Crippen MR) is 97.1 cm³/mol. The van der Waals surface area contributed by atoms with E-state index >= 15 is 0 Å². The van der Waals surface area contributed by atoms with Crippen molar-refractivity contribution < 1.29 is 4.42 Å². The van der Waals surface area contributed by atoms with Gasteiger partial charge in [-0.05, 0) is 24.3 Å². The van der Waals surface area contributed by atoms with E-state index in [-0.39, 0.29) is 0 Å². The van der Waals surface area contributed by atoms with Crippen LogP contribution in [0.2, 0.25) is 0 Å². The largest absolute Gasteiger partial charge is 0.402 e. The lowest BCUT2D eigenvalue weighted by Crippen LogP contribution is -2.38. The fourth-order valence-electron chi connectivity index (χ4n) is 2.97. The van der Waals surface area contributed by atoms with E-state index < -0.39 is 0 Å². The second-order valence-corrected chi connectivity index (χ2v) is 6.08. The van der Waals surface area contributed by atoms with Gasteiger partial charge in [0, 0.05) is 32.2 Å². The molecule has 3 fully saturated rings. The minimum Gasteiger partial charge on any atom is -0.402 e. The van der Waals surface area contributed by atoms with Crippen molar-refractivity contribution in [3.63, 3.8) is 0 Å². The Bertz CT molecular complexity index is 547. The van der Waals surface area contributed by atoms with Gasteiger partial charge in [0.1, 0.15) is 0 Å². The van der Waals surface area contributed by atoms with E-state index in [1.54, 1.807) is 11.3 Å². The normalized spacial score (nSPS) is 22.5. The van der Waals surface area contributed by atoms with Crippen LogP contribution >= 0.6 is 11.3 Å². The molecule has 0 spiro atoms. The van der Waals surface area contributed by atoms with Crippen LogP contribution < -0.4 is 4.90 Å². The Morgan fingerprint density at radius 1 is 1.04 bits per heavy atom. The molecule has 0 unspecified atom stereocenters. The van der Waals surface area contributed by atoms with Gasteiger partial charge in [-0.25, -0.2) is 0 Å². The average molecular weight is 337 g/mol. The van der Waals surface area contributed by atoms with Crippen LogP contribution in [0.1, 0.15) is 40.5 Å². The summed E-state index contributed by atoms with van der Waals surface area (Å²) in [6, 6.07) is 5.28. The highest BCUT2D eigenvalue weighted by atomic mass is 32.1. The van der Waals surface area contributed by atoms with E-state index in [1.807, 2.05) is 45.2 Å². The van der Waals surface area contributed by atoms with Crippen molar-refractivity contribution in [3.05, 3.63) is 17.5 Å². The smallest absolute Gasteiger partial charge is 0.318 e. The van der Waals surface area contributed by atoms with Gasteiger partial charge in [0.15, 0.2) is 0 Å². The van der Waals surface area contributed by atoms with Crippen molar-refractivity contribution in [2.75, 3.05) is 31.1 Å². The Kier molecular flexibility index (Phi) is 7.05. The first-order chi connectivity index (χ1) is 11.4. The SMILES string of the molecule is CC.CC.c1csc(-c2nnc(N3CCN4CCC3CC4)o2)c1. The zero-order valence-corrected chi connectivity index (χ0v) is 15.5. The molecular weight excluding hydrogens is 308 g/mol. The minimum absolute atomic E-state index is 0.565. The third-order valence-electron chi connectivity index (χ3n) is 4.05. The Balaban J connectivity index is 0.000000448. The van der Waals surface area contributed by atoms with E-state index in [0.29, 0.717) is 17.9 Å². The number of hydrogen-bond donors (Lipinski definition) is 0. The summed E-state index contributed by atoms with van der Waals surface area (Å²) in [5.74, 6) is 0.643. The molecule has 2 aromatic rings. The van der Waals surface area contributed by atoms with Gasteiger partial charge in [-0.2, -0.15) is 0 Å². The van der Waals surface area contributed by atoms with Crippen molar-refractivity contribution in [1.29, 1.82) is 0 Å². The molecule has 2 aromatic heterocycles. The summed E-state index contributed by atoms with van der Waals surface area (Å²) in [6.45, 7) is 12.5. The van der Waals surface area contributed by atoms with E-state index in [9.17, 15) is 0 Å². The van der Waals surface area contributed by atoms with Gasteiger partial charge >= 0.3 is 6.01 Å². The first kappa shape index (κ1) is 17.9. The van der Waals surface area contributed by atoms with Gasteiger partial charge in [-0.15, -0.1) is 16.4 Å². The molecule has 5 rings (SSSR count). The molecule has 0 amide bonds. The van der Waals surface area contributed by atoms with Crippen molar-refractivity contribution in [2.24, 2.45) is 0 Å². The number of nitrogens with zero attached hydrogens (tertiary/aromatic N) is 4. The Labute approximate surface area is 143 Å². The van der Waals surface area contributed by atoms with Crippen LogP contribution in [0.5, 0.6) is 0 Å². The molecule has 128 valence electrons. The minimum atomic E-state index is 0.565. The maximum Gasteiger partial charge on any atom is 0.318 e. The van der Waals surface area contributed by atoms with Gasteiger partial charge in [-0.1, -0.05) is 38.9 Å². The zero-order chi connectivity index (χ0) is 16.7. The highest BCUT2D eigenvalue weighted by Gasteiger charge is 2.31. The highest BCUT2D eigenvalue weighted by molar-refractivity contribution is 7.13. The third-order valence-corrected chi connectivity index (χ3v) is 4.90. The molecule has 0 atom stereocenters. The Hall–Kier alpha value is -1.40. The molecule has 0 radical (unpaired) electrons. The lowest BCUT2D eigenvalue weighted by Gasteiger charge is -2.29. The lowest BCUT2D eigenvalue weighted by atomic mass is 10.1. The summed E-state index contributed by atoms with van der Waals surface area (Å²) >= 11 is 1.63. The number of aromatic nitrogens is 2. The van der Waals surface area contributed by atoms with E-state index in [4.69, 9.17) is 4.42 Å². The van der Waals surface area contributed by atoms with Crippen molar-refractivity contribution in [3.8, 4) is 10.8 Å². The van der Waals surface area contributed by atoms with Gasteiger partial charge < -0.3 is 14.2 Å². The molecule has 5 heterocycles. The number of hydrogen-bond acceptors (Lipinski definition) is 6. The summed E-state index contributed by atoms with van der Waals surface area (Å²) in [5.41, 5.74) is 0. The first-order valence-corrected chi connectivity index (χ1v) is 9.64. The molecule has 3 saturated heterocycles. The molecule has 0 aromatic carbocycles. The molecule has 0 saturated carbocycles. The maximum absolute atomic E-state index is 5.87. The molecule has 2 bridgehead atoms. The molecule has 0 aliphatic carbocycles. The van der Waals surface area contributed by atoms with Crippen LogP contribution in [0.15, 0.2) is 21.9 Å². The highest BCUT2D eigenvalue weighted by Crippen LogP contribution is 2.29. The summed E-state index contributed by atoms with van der Waals surface area (Å²) in [6.07, 6.45) is 2.41. The zero-order valence-electron chi connectivity index (χ0n) is 14.7. The summed E-state index contributed by atoms with van der Waals surface area (Å²) in [7, 11) is 0. The molecule has 5 nitrogen and oxygen atoms in total. The van der Waals surface area contributed by atoms with Crippen LogP contribution in [0.3, 0.4) is 0 Å². The topological polar surface area (TPSA) is 45.4 Å². The van der Waals surface area contributed by atoms with E-state index in [2.05, 4.69) is 20.0 Å².